The minimum atomic E-state index is -0.541. The molecule has 4 heteroatoms. The lowest BCUT2D eigenvalue weighted by Gasteiger charge is -2.57. The molecule has 6 aliphatic rings. The second-order valence-corrected chi connectivity index (χ2v) is 10.3. The van der Waals surface area contributed by atoms with E-state index >= 15 is 0 Å². The molecule has 2 heterocycles. The monoisotopic (exact) mass is 383 g/mol. The van der Waals surface area contributed by atoms with Gasteiger partial charge in [-0.3, -0.25) is 4.98 Å². The van der Waals surface area contributed by atoms with Gasteiger partial charge in [-0.1, -0.05) is 19.4 Å². The predicted octanol–water partition coefficient (Wildman–Crippen LogP) is 5.52. The largest absolute Gasteiger partial charge is 0.312 e. The molecule has 6 fully saturated rings. The van der Waals surface area contributed by atoms with E-state index in [4.69, 9.17) is 14.5 Å². The van der Waals surface area contributed by atoms with Crippen LogP contribution < -0.4 is 0 Å². The van der Waals surface area contributed by atoms with Crippen molar-refractivity contribution in [3.8, 4) is 0 Å². The van der Waals surface area contributed by atoms with E-state index in [-0.39, 0.29) is 0 Å². The van der Waals surface area contributed by atoms with E-state index in [1.165, 1.54) is 49.8 Å². The van der Waals surface area contributed by atoms with Crippen LogP contribution in [0, 0.1) is 23.7 Å². The van der Waals surface area contributed by atoms with Crippen molar-refractivity contribution in [3.05, 3.63) is 29.6 Å². The molecule has 2 atom stereocenters. The average Bonchev–Trinajstić information content (AvgIpc) is 3.06. The van der Waals surface area contributed by atoms with Crippen molar-refractivity contribution < 1.29 is 14.5 Å². The lowest BCUT2D eigenvalue weighted by molar-refractivity contribution is -0.390. The van der Waals surface area contributed by atoms with Gasteiger partial charge in [0.25, 0.3) is 0 Å². The number of rotatable bonds is 3. The highest BCUT2D eigenvalue weighted by Crippen LogP contribution is 2.64. The number of ether oxygens (including phenoxy) is 1. The normalized spacial score (nSPS) is 46.7. The third-order valence-corrected chi connectivity index (χ3v) is 8.44. The molecule has 1 aromatic rings. The van der Waals surface area contributed by atoms with Gasteiger partial charge in [-0.25, -0.2) is 0 Å². The van der Waals surface area contributed by atoms with Gasteiger partial charge in [-0.2, -0.15) is 9.78 Å². The summed E-state index contributed by atoms with van der Waals surface area (Å²) in [6.45, 7) is 2.20. The Kier molecular flexibility index (Phi) is 4.15. The van der Waals surface area contributed by atoms with E-state index in [0.29, 0.717) is 17.8 Å². The second-order valence-electron chi connectivity index (χ2n) is 10.3. The third-order valence-electron chi connectivity index (χ3n) is 8.44. The van der Waals surface area contributed by atoms with E-state index < -0.39 is 11.6 Å². The summed E-state index contributed by atoms with van der Waals surface area (Å²) in [7, 11) is 0. The standard InChI is InChI=1S/C24H33NO3/c1-2-4-22-7-6-19(15-25-22)18-5-3-8-23(14-18)26-24(28-27-23)20-10-16-9-17(12-20)13-21(24)11-16/h6-7,15-18,20-21H,2-5,8-14H2,1H3/t16?,17?,18-,20?,21?,23-,24?/m1/s1. The van der Waals surface area contributed by atoms with Crippen molar-refractivity contribution in [2.24, 2.45) is 23.7 Å². The molecule has 5 saturated carbocycles. The first kappa shape index (κ1) is 17.9. The molecular formula is C24H33NO3. The minimum Gasteiger partial charge on any atom is -0.312 e. The Bertz CT molecular complexity index is 704. The van der Waals surface area contributed by atoms with E-state index in [9.17, 15) is 0 Å². The van der Waals surface area contributed by atoms with Gasteiger partial charge in [0.2, 0.25) is 11.6 Å². The van der Waals surface area contributed by atoms with Crippen LogP contribution in [0.4, 0.5) is 0 Å². The first-order valence-corrected chi connectivity index (χ1v) is 11.7. The Hall–Kier alpha value is -0.970. The molecular weight excluding hydrogens is 350 g/mol. The lowest BCUT2D eigenvalue weighted by atomic mass is 9.53. The van der Waals surface area contributed by atoms with Crippen molar-refractivity contribution in [1.29, 1.82) is 0 Å². The van der Waals surface area contributed by atoms with Crippen LogP contribution >= 0.6 is 0 Å². The number of hydrogen-bond donors (Lipinski definition) is 0. The first-order valence-electron chi connectivity index (χ1n) is 11.7. The van der Waals surface area contributed by atoms with Crippen LogP contribution in [0.5, 0.6) is 0 Å². The van der Waals surface area contributed by atoms with Crippen LogP contribution in [0.15, 0.2) is 18.3 Å². The van der Waals surface area contributed by atoms with Gasteiger partial charge in [-0.15, -0.1) is 0 Å². The molecule has 1 aromatic heterocycles. The van der Waals surface area contributed by atoms with Crippen LogP contribution in [0.3, 0.4) is 0 Å². The van der Waals surface area contributed by atoms with Gasteiger partial charge >= 0.3 is 0 Å². The summed E-state index contributed by atoms with van der Waals surface area (Å²) in [6, 6.07) is 4.47. The minimum absolute atomic E-state index is 0.446. The maximum atomic E-state index is 6.90. The molecule has 0 aromatic carbocycles. The van der Waals surface area contributed by atoms with Gasteiger partial charge in [0.15, 0.2) is 0 Å². The van der Waals surface area contributed by atoms with E-state index in [1.54, 1.807) is 0 Å². The summed E-state index contributed by atoms with van der Waals surface area (Å²) < 4.78 is 6.90. The Balaban J connectivity index is 1.21. The number of aryl methyl sites for hydroxylation is 1. The van der Waals surface area contributed by atoms with Gasteiger partial charge in [0.1, 0.15) is 0 Å². The number of hydrogen-bond acceptors (Lipinski definition) is 4. The molecule has 2 spiro atoms. The zero-order valence-electron chi connectivity index (χ0n) is 17.1. The average molecular weight is 384 g/mol. The van der Waals surface area contributed by atoms with Crippen LogP contribution in [0.2, 0.25) is 0 Å². The molecule has 0 unspecified atom stereocenters. The second kappa shape index (κ2) is 6.52. The number of aromatic nitrogens is 1. The first-order chi connectivity index (χ1) is 13.7. The summed E-state index contributed by atoms with van der Waals surface area (Å²) in [5.74, 6) is 2.36. The number of pyridine rings is 1. The van der Waals surface area contributed by atoms with Crippen molar-refractivity contribution in [1.82, 2.24) is 4.98 Å². The smallest absolute Gasteiger partial charge is 0.210 e. The highest BCUT2D eigenvalue weighted by Gasteiger charge is 2.67. The van der Waals surface area contributed by atoms with E-state index in [1.807, 2.05) is 0 Å². The van der Waals surface area contributed by atoms with Crippen molar-refractivity contribution in [3.63, 3.8) is 0 Å². The van der Waals surface area contributed by atoms with Crippen LogP contribution in [0.25, 0.3) is 0 Å². The molecule has 7 rings (SSSR count). The molecule has 0 amide bonds. The quantitative estimate of drug-likeness (QED) is 0.645. The zero-order valence-corrected chi connectivity index (χ0v) is 17.1. The van der Waals surface area contributed by atoms with Crippen LogP contribution in [0.1, 0.15) is 88.3 Å². The Morgan fingerprint density at radius 3 is 2.50 bits per heavy atom. The van der Waals surface area contributed by atoms with E-state index in [2.05, 4.69) is 30.2 Å². The summed E-state index contributed by atoms with van der Waals surface area (Å²) in [5.41, 5.74) is 2.53. The molecule has 152 valence electrons. The van der Waals surface area contributed by atoms with Gasteiger partial charge < -0.3 is 4.74 Å². The Morgan fingerprint density at radius 2 is 1.82 bits per heavy atom. The van der Waals surface area contributed by atoms with Crippen molar-refractivity contribution in [2.75, 3.05) is 0 Å². The molecule has 5 aliphatic carbocycles. The van der Waals surface area contributed by atoms with E-state index in [0.717, 1.165) is 43.9 Å². The Morgan fingerprint density at radius 1 is 1.04 bits per heavy atom. The topological polar surface area (TPSA) is 40.6 Å². The van der Waals surface area contributed by atoms with Gasteiger partial charge in [0, 0.05) is 36.6 Å². The zero-order chi connectivity index (χ0) is 18.8. The maximum Gasteiger partial charge on any atom is 0.210 e. The van der Waals surface area contributed by atoms with Gasteiger partial charge in [-0.05, 0) is 80.8 Å². The summed E-state index contributed by atoms with van der Waals surface area (Å²) in [5, 5.41) is 0. The molecule has 4 bridgehead atoms. The molecule has 0 radical (unpaired) electrons. The number of nitrogens with zero attached hydrogens (tertiary/aromatic N) is 1. The summed E-state index contributed by atoms with van der Waals surface area (Å²) in [4.78, 5) is 17.0. The fourth-order valence-electron chi connectivity index (χ4n) is 7.34. The highest BCUT2D eigenvalue weighted by molar-refractivity contribution is 5.20. The maximum absolute atomic E-state index is 6.90. The SMILES string of the molecule is CCCc1ccc([C@@H]2CCC[C@]3(C2)OOC2(O3)C3CC4CC(C3)CC2C4)cn1. The fourth-order valence-corrected chi connectivity index (χ4v) is 7.34. The highest BCUT2D eigenvalue weighted by atomic mass is 17.3. The van der Waals surface area contributed by atoms with Crippen LogP contribution in [-0.2, 0) is 20.9 Å². The summed E-state index contributed by atoms with van der Waals surface area (Å²) >= 11 is 0. The van der Waals surface area contributed by atoms with Crippen molar-refractivity contribution >= 4 is 0 Å². The molecule has 28 heavy (non-hydrogen) atoms. The fraction of sp³-hybridized carbons (Fsp3) is 0.792. The van der Waals surface area contributed by atoms with Gasteiger partial charge in [0.05, 0.1) is 0 Å². The molecule has 1 aliphatic heterocycles. The third kappa shape index (κ3) is 2.71. The molecule has 1 saturated heterocycles. The lowest BCUT2D eigenvalue weighted by Crippen LogP contribution is -2.59. The van der Waals surface area contributed by atoms with Crippen LogP contribution in [-0.4, -0.2) is 16.6 Å². The molecule has 4 nitrogen and oxygen atoms in total. The summed E-state index contributed by atoms with van der Waals surface area (Å²) in [6.07, 6.45) is 15.0. The predicted molar refractivity (Wildman–Crippen MR) is 105 cm³/mol. The Labute approximate surface area is 168 Å². The molecule has 0 N–H and O–H groups in total. The van der Waals surface area contributed by atoms with Crippen molar-refractivity contribution in [2.45, 2.75) is 95.0 Å².